The standard InChI is InChI=1S/C17H31N5O/c1-13-5-6-14(2)22(13)12-9-20-7-10-21(11-8-20)15(3)17-19-18-16(4)23-17/h13-15H,5-12H2,1-4H3/t13-,14-,15+/m1/s1. The molecule has 3 atom stereocenters. The first-order valence-electron chi connectivity index (χ1n) is 9.06. The maximum atomic E-state index is 5.58. The number of rotatable bonds is 5. The van der Waals surface area contributed by atoms with Gasteiger partial charge in [-0.2, -0.15) is 0 Å². The van der Waals surface area contributed by atoms with Crippen molar-refractivity contribution in [2.24, 2.45) is 0 Å². The molecule has 6 heteroatoms. The molecule has 6 nitrogen and oxygen atoms in total. The molecule has 2 aliphatic heterocycles. The van der Waals surface area contributed by atoms with Crippen molar-refractivity contribution in [2.45, 2.75) is 58.7 Å². The van der Waals surface area contributed by atoms with Gasteiger partial charge >= 0.3 is 0 Å². The van der Waals surface area contributed by atoms with Crippen LogP contribution < -0.4 is 0 Å². The zero-order valence-corrected chi connectivity index (χ0v) is 15.0. The minimum absolute atomic E-state index is 0.219. The van der Waals surface area contributed by atoms with Crippen molar-refractivity contribution >= 4 is 0 Å². The molecule has 2 saturated heterocycles. The summed E-state index contributed by atoms with van der Waals surface area (Å²) in [6.45, 7) is 15.6. The Bertz CT molecular complexity index is 487. The number of nitrogens with zero attached hydrogens (tertiary/aromatic N) is 5. The van der Waals surface area contributed by atoms with Crippen molar-refractivity contribution < 1.29 is 4.42 Å². The lowest BCUT2D eigenvalue weighted by molar-refractivity contribution is 0.0791. The van der Waals surface area contributed by atoms with E-state index in [4.69, 9.17) is 4.42 Å². The molecule has 0 radical (unpaired) electrons. The van der Waals surface area contributed by atoms with Gasteiger partial charge in [-0.25, -0.2) is 0 Å². The summed E-state index contributed by atoms with van der Waals surface area (Å²) < 4.78 is 5.58. The molecule has 0 saturated carbocycles. The largest absolute Gasteiger partial charge is 0.424 e. The summed E-state index contributed by atoms with van der Waals surface area (Å²) in [4.78, 5) is 7.72. The van der Waals surface area contributed by atoms with Crippen LogP contribution in [-0.4, -0.2) is 76.2 Å². The van der Waals surface area contributed by atoms with Crippen molar-refractivity contribution in [3.8, 4) is 0 Å². The van der Waals surface area contributed by atoms with E-state index in [1.807, 2.05) is 6.92 Å². The highest BCUT2D eigenvalue weighted by Crippen LogP contribution is 2.23. The van der Waals surface area contributed by atoms with Crippen LogP contribution >= 0.6 is 0 Å². The first kappa shape index (κ1) is 16.9. The Hall–Kier alpha value is -0.980. The SMILES string of the molecule is Cc1nnc([C@H](C)N2CCN(CCN3[C@H](C)CC[C@H]3C)CC2)o1. The average Bonchev–Trinajstić information content (AvgIpc) is 3.12. The van der Waals surface area contributed by atoms with Gasteiger partial charge in [0.2, 0.25) is 11.8 Å². The number of hydrogen-bond donors (Lipinski definition) is 0. The topological polar surface area (TPSA) is 48.6 Å². The van der Waals surface area contributed by atoms with Crippen LogP contribution in [-0.2, 0) is 0 Å². The summed E-state index contributed by atoms with van der Waals surface area (Å²) >= 11 is 0. The van der Waals surface area contributed by atoms with Crippen molar-refractivity contribution in [1.82, 2.24) is 24.9 Å². The first-order chi connectivity index (χ1) is 11.0. The van der Waals surface area contributed by atoms with E-state index in [1.165, 1.54) is 25.9 Å². The molecule has 3 rings (SSSR count). The number of aryl methyl sites for hydroxylation is 1. The van der Waals surface area contributed by atoms with Gasteiger partial charge in [0, 0.05) is 58.3 Å². The van der Waals surface area contributed by atoms with Crippen molar-refractivity contribution in [2.75, 3.05) is 39.3 Å². The third-order valence-electron chi connectivity index (χ3n) is 5.66. The van der Waals surface area contributed by atoms with Crippen molar-refractivity contribution in [1.29, 1.82) is 0 Å². The zero-order chi connectivity index (χ0) is 16.4. The fourth-order valence-corrected chi connectivity index (χ4v) is 3.96. The summed E-state index contributed by atoms with van der Waals surface area (Å²) in [5, 5.41) is 8.11. The lowest BCUT2D eigenvalue weighted by atomic mass is 10.2. The molecule has 23 heavy (non-hydrogen) atoms. The van der Waals surface area contributed by atoms with Gasteiger partial charge in [0.15, 0.2) is 0 Å². The zero-order valence-electron chi connectivity index (χ0n) is 15.0. The Balaban J connectivity index is 1.43. The molecular formula is C17H31N5O. The fourth-order valence-electron chi connectivity index (χ4n) is 3.96. The van der Waals surface area contributed by atoms with Gasteiger partial charge in [0.05, 0.1) is 6.04 Å². The molecule has 130 valence electrons. The van der Waals surface area contributed by atoms with Gasteiger partial charge in [-0.3, -0.25) is 14.7 Å². The minimum Gasteiger partial charge on any atom is -0.424 e. The van der Waals surface area contributed by atoms with E-state index in [2.05, 4.69) is 45.7 Å². The van der Waals surface area contributed by atoms with E-state index < -0.39 is 0 Å². The smallest absolute Gasteiger partial charge is 0.233 e. The second-order valence-electron chi connectivity index (χ2n) is 7.23. The monoisotopic (exact) mass is 321 g/mol. The predicted octanol–water partition coefficient (Wildman–Crippen LogP) is 1.93. The second kappa shape index (κ2) is 7.28. The number of aromatic nitrogens is 2. The lowest BCUT2D eigenvalue weighted by Crippen LogP contribution is -2.49. The van der Waals surface area contributed by atoms with E-state index in [0.29, 0.717) is 5.89 Å². The van der Waals surface area contributed by atoms with E-state index >= 15 is 0 Å². The van der Waals surface area contributed by atoms with Gasteiger partial charge < -0.3 is 4.42 Å². The Morgan fingerprint density at radius 2 is 1.70 bits per heavy atom. The highest BCUT2D eigenvalue weighted by atomic mass is 16.4. The van der Waals surface area contributed by atoms with Gasteiger partial charge in [0.1, 0.15) is 0 Å². The highest BCUT2D eigenvalue weighted by Gasteiger charge is 2.29. The third-order valence-corrected chi connectivity index (χ3v) is 5.66. The third kappa shape index (κ3) is 3.92. The normalized spacial score (nSPS) is 29.2. The first-order valence-corrected chi connectivity index (χ1v) is 9.06. The number of likely N-dealkylation sites (tertiary alicyclic amines) is 1. The lowest BCUT2D eigenvalue weighted by Gasteiger charge is -2.38. The molecule has 0 aliphatic carbocycles. The molecule has 0 N–H and O–H groups in total. The molecule has 0 bridgehead atoms. The van der Waals surface area contributed by atoms with E-state index in [0.717, 1.165) is 44.2 Å². The molecule has 0 aromatic carbocycles. The van der Waals surface area contributed by atoms with Gasteiger partial charge in [0.25, 0.3) is 0 Å². The molecule has 1 aromatic rings. The van der Waals surface area contributed by atoms with Crippen LogP contribution in [0.25, 0.3) is 0 Å². The van der Waals surface area contributed by atoms with Crippen LogP contribution in [0.5, 0.6) is 0 Å². The minimum atomic E-state index is 0.219. The fraction of sp³-hybridized carbons (Fsp3) is 0.882. The summed E-state index contributed by atoms with van der Waals surface area (Å²) in [7, 11) is 0. The highest BCUT2D eigenvalue weighted by molar-refractivity contribution is 4.90. The van der Waals surface area contributed by atoms with E-state index in [9.17, 15) is 0 Å². The quantitative estimate of drug-likeness (QED) is 0.826. The van der Waals surface area contributed by atoms with E-state index in [1.54, 1.807) is 0 Å². The molecule has 2 fully saturated rings. The van der Waals surface area contributed by atoms with Crippen LogP contribution in [0.4, 0.5) is 0 Å². The van der Waals surface area contributed by atoms with Gasteiger partial charge in [-0.15, -0.1) is 10.2 Å². The molecule has 0 unspecified atom stereocenters. The Morgan fingerprint density at radius 3 is 2.26 bits per heavy atom. The molecule has 3 heterocycles. The maximum Gasteiger partial charge on any atom is 0.233 e. The van der Waals surface area contributed by atoms with Gasteiger partial charge in [-0.1, -0.05) is 0 Å². The summed E-state index contributed by atoms with van der Waals surface area (Å²) in [6.07, 6.45) is 2.71. The van der Waals surface area contributed by atoms with Crippen LogP contribution in [0, 0.1) is 6.92 Å². The van der Waals surface area contributed by atoms with Crippen LogP contribution in [0.15, 0.2) is 4.42 Å². The predicted molar refractivity (Wildman–Crippen MR) is 90.3 cm³/mol. The van der Waals surface area contributed by atoms with Crippen LogP contribution in [0.3, 0.4) is 0 Å². The van der Waals surface area contributed by atoms with Crippen molar-refractivity contribution in [3.05, 3.63) is 11.8 Å². The summed E-state index contributed by atoms with van der Waals surface area (Å²) in [5.74, 6) is 1.40. The number of hydrogen-bond acceptors (Lipinski definition) is 6. The average molecular weight is 321 g/mol. The Morgan fingerprint density at radius 1 is 1.04 bits per heavy atom. The van der Waals surface area contributed by atoms with Crippen molar-refractivity contribution in [3.63, 3.8) is 0 Å². The molecular weight excluding hydrogens is 290 g/mol. The maximum absolute atomic E-state index is 5.58. The second-order valence-corrected chi connectivity index (χ2v) is 7.23. The Labute approximate surface area is 139 Å². The van der Waals surface area contributed by atoms with E-state index in [-0.39, 0.29) is 6.04 Å². The molecule has 0 amide bonds. The molecule has 2 aliphatic rings. The summed E-state index contributed by atoms with van der Waals surface area (Å²) in [6, 6.07) is 1.73. The summed E-state index contributed by atoms with van der Waals surface area (Å²) in [5.41, 5.74) is 0. The molecule has 0 spiro atoms. The molecule has 1 aromatic heterocycles. The van der Waals surface area contributed by atoms with Crippen LogP contribution in [0.1, 0.15) is 51.4 Å². The Kier molecular flexibility index (Phi) is 5.34. The van der Waals surface area contributed by atoms with Gasteiger partial charge in [-0.05, 0) is 33.6 Å². The number of piperazine rings is 1. The van der Waals surface area contributed by atoms with Crippen LogP contribution in [0.2, 0.25) is 0 Å².